The minimum Gasteiger partial charge on any atom is -0.479 e. The summed E-state index contributed by atoms with van der Waals surface area (Å²) in [6, 6.07) is 11.4. The van der Waals surface area contributed by atoms with Crippen molar-refractivity contribution in [2.24, 2.45) is 0 Å². The summed E-state index contributed by atoms with van der Waals surface area (Å²) in [7, 11) is 0. The Hall–Kier alpha value is -1.93. The van der Waals surface area contributed by atoms with Crippen molar-refractivity contribution in [2.75, 3.05) is 13.0 Å². The molecule has 2 aromatic carbocycles. The standard InChI is InChI=1S/C18H20BClFNO4/c1-19(26)11-22(10-17(23)18(24)25)9-12-2-4-13(5-3-12)15-8-14(20)6-7-16(15)21/h2-8,17,23,26H,9-11H2,1H3,(H,24,25)/t17-/m1/s1. The SMILES string of the molecule is CB(O)CN(Cc1ccc(-c2cc(Cl)ccc2F)cc1)C[C@@H](O)C(=O)O. The zero-order valence-corrected chi connectivity index (χ0v) is 15.0. The Bertz CT molecular complexity index is 757. The molecule has 0 unspecified atom stereocenters. The van der Waals surface area contributed by atoms with Gasteiger partial charge in [-0.15, -0.1) is 0 Å². The molecule has 138 valence electrons. The molecule has 1 atom stereocenters. The Balaban J connectivity index is 2.14. The van der Waals surface area contributed by atoms with Crippen LogP contribution in [0.5, 0.6) is 0 Å². The number of carbonyl (C=O) groups is 1. The average Bonchev–Trinajstić information content (AvgIpc) is 2.57. The number of carboxylic acids is 1. The van der Waals surface area contributed by atoms with Crippen LogP contribution in [0.15, 0.2) is 42.5 Å². The summed E-state index contributed by atoms with van der Waals surface area (Å²) < 4.78 is 14.0. The summed E-state index contributed by atoms with van der Waals surface area (Å²) in [5.41, 5.74) is 1.90. The van der Waals surface area contributed by atoms with E-state index in [0.717, 1.165) is 5.56 Å². The Morgan fingerprint density at radius 2 is 1.92 bits per heavy atom. The maximum Gasteiger partial charge on any atom is 0.333 e. The first-order valence-corrected chi connectivity index (χ1v) is 8.49. The summed E-state index contributed by atoms with van der Waals surface area (Å²) in [6.07, 6.45) is -1.32. The lowest BCUT2D eigenvalue weighted by Gasteiger charge is -2.24. The number of aliphatic hydroxyl groups is 1. The first kappa shape index (κ1) is 20.4. The molecule has 0 radical (unpaired) electrons. The van der Waals surface area contributed by atoms with Crippen molar-refractivity contribution in [2.45, 2.75) is 19.5 Å². The van der Waals surface area contributed by atoms with Gasteiger partial charge in [-0.05, 0) is 29.3 Å². The van der Waals surface area contributed by atoms with E-state index < -0.39 is 19.0 Å². The summed E-state index contributed by atoms with van der Waals surface area (Å²) >= 11 is 5.92. The molecule has 0 heterocycles. The first-order chi connectivity index (χ1) is 12.3. The van der Waals surface area contributed by atoms with E-state index in [-0.39, 0.29) is 18.8 Å². The molecule has 0 spiro atoms. The Morgan fingerprint density at radius 3 is 2.50 bits per heavy atom. The maximum absolute atomic E-state index is 14.0. The second-order valence-corrected chi connectivity index (χ2v) is 6.65. The molecule has 0 fully saturated rings. The van der Waals surface area contributed by atoms with Gasteiger partial charge in [0.1, 0.15) is 5.82 Å². The van der Waals surface area contributed by atoms with Gasteiger partial charge >= 0.3 is 5.97 Å². The Morgan fingerprint density at radius 1 is 1.27 bits per heavy atom. The number of hydrogen-bond acceptors (Lipinski definition) is 4. The largest absolute Gasteiger partial charge is 0.479 e. The van der Waals surface area contributed by atoms with E-state index in [1.165, 1.54) is 12.1 Å². The molecule has 5 nitrogen and oxygen atoms in total. The van der Waals surface area contributed by atoms with Crippen LogP contribution in [0.4, 0.5) is 4.39 Å². The van der Waals surface area contributed by atoms with Crippen LogP contribution in [-0.4, -0.2) is 52.1 Å². The number of aliphatic hydroxyl groups excluding tert-OH is 1. The van der Waals surface area contributed by atoms with Crippen LogP contribution in [0.25, 0.3) is 11.1 Å². The lowest BCUT2D eigenvalue weighted by molar-refractivity contribution is -0.147. The van der Waals surface area contributed by atoms with E-state index in [4.69, 9.17) is 16.7 Å². The molecule has 26 heavy (non-hydrogen) atoms. The minimum atomic E-state index is -1.53. The van der Waals surface area contributed by atoms with Crippen molar-refractivity contribution >= 4 is 24.5 Å². The molecule has 2 aromatic rings. The van der Waals surface area contributed by atoms with E-state index in [2.05, 4.69) is 0 Å². The van der Waals surface area contributed by atoms with Gasteiger partial charge in [0.2, 0.25) is 0 Å². The highest BCUT2D eigenvalue weighted by Crippen LogP contribution is 2.26. The molecule has 0 amide bonds. The van der Waals surface area contributed by atoms with Crippen molar-refractivity contribution in [3.63, 3.8) is 0 Å². The number of hydrogen-bond donors (Lipinski definition) is 3. The Labute approximate surface area is 156 Å². The zero-order chi connectivity index (χ0) is 19.3. The topological polar surface area (TPSA) is 81.0 Å². The van der Waals surface area contributed by atoms with E-state index in [1.54, 1.807) is 42.1 Å². The Kier molecular flexibility index (Phi) is 7.17. The molecule has 2 rings (SSSR count). The van der Waals surface area contributed by atoms with Gasteiger partial charge in [-0.25, -0.2) is 9.18 Å². The second kappa shape index (κ2) is 9.14. The van der Waals surface area contributed by atoms with Crippen LogP contribution in [0.1, 0.15) is 5.56 Å². The molecule has 0 aliphatic rings. The van der Waals surface area contributed by atoms with Crippen molar-refractivity contribution in [3.05, 3.63) is 58.9 Å². The van der Waals surface area contributed by atoms with Crippen molar-refractivity contribution in [1.82, 2.24) is 4.90 Å². The monoisotopic (exact) mass is 379 g/mol. The molecule has 0 aliphatic heterocycles. The van der Waals surface area contributed by atoms with Gasteiger partial charge in [-0.3, -0.25) is 0 Å². The van der Waals surface area contributed by atoms with Crippen LogP contribution < -0.4 is 0 Å². The molecule has 0 bridgehead atoms. The maximum atomic E-state index is 14.0. The van der Waals surface area contributed by atoms with Gasteiger partial charge in [-0.2, -0.15) is 0 Å². The highest BCUT2D eigenvalue weighted by atomic mass is 35.5. The predicted octanol–water partition coefficient (Wildman–Crippen LogP) is 2.55. The second-order valence-electron chi connectivity index (χ2n) is 6.22. The van der Waals surface area contributed by atoms with Crippen molar-refractivity contribution < 1.29 is 24.4 Å². The fraction of sp³-hybridized carbons (Fsp3) is 0.278. The van der Waals surface area contributed by atoms with Gasteiger partial charge in [0.25, 0.3) is 6.92 Å². The minimum absolute atomic E-state index is 0.106. The highest BCUT2D eigenvalue weighted by molar-refractivity contribution is 6.48. The number of aliphatic carboxylic acids is 1. The fourth-order valence-corrected chi connectivity index (χ4v) is 2.84. The number of rotatable bonds is 8. The van der Waals surface area contributed by atoms with E-state index in [0.29, 0.717) is 22.7 Å². The quantitative estimate of drug-likeness (QED) is 0.614. The predicted molar refractivity (Wildman–Crippen MR) is 99.6 cm³/mol. The summed E-state index contributed by atoms with van der Waals surface area (Å²) in [6.45, 7) is 1.15. The number of nitrogens with zero attached hydrogens (tertiary/aromatic N) is 1. The number of halogens is 2. The van der Waals surface area contributed by atoms with Crippen LogP contribution in [0.3, 0.4) is 0 Å². The van der Waals surface area contributed by atoms with Crippen molar-refractivity contribution in [3.8, 4) is 11.1 Å². The number of benzene rings is 2. The van der Waals surface area contributed by atoms with Crippen LogP contribution >= 0.6 is 11.6 Å². The van der Waals surface area contributed by atoms with Gasteiger partial charge in [0.15, 0.2) is 6.10 Å². The summed E-state index contributed by atoms with van der Waals surface area (Å²) in [5.74, 6) is -1.69. The van der Waals surface area contributed by atoms with E-state index in [1.807, 2.05) is 0 Å². The van der Waals surface area contributed by atoms with Gasteiger partial charge in [-0.1, -0.05) is 42.7 Å². The van der Waals surface area contributed by atoms with Gasteiger partial charge in [0, 0.05) is 30.1 Å². The third-order valence-electron chi connectivity index (χ3n) is 3.84. The normalized spacial score (nSPS) is 12.2. The third kappa shape index (κ3) is 5.81. The zero-order valence-electron chi connectivity index (χ0n) is 14.3. The van der Waals surface area contributed by atoms with E-state index >= 15 is 0 Å². The molecule has 0 aromatic heterocycles. The molecule has 0 saturated carbocycles. The lowest BCUT2D eigenvalue weighted by Crippen LogP contribution is -2.41. The van der Waals surface area contributed by atoms with Crippen LogP contribution in [-0.2, 0) is 11.3 Å². The molecular weight excluding hydrogens is 359 g/mol. The van der Waals surface area contributed by atoms with E-state index in [9.17, 15) is 19.3 Å². The molecular formula is C18H20BClFNO4. The molecule has 8 heteroatoms. The van der Waals surface area contributed by atoms with Crippen molar-refractivity contribution in [1.29, 1.82) is 0 Å². The molecule has 3 N–H and O–H groups in total. The average molecular weight is 380 g/mol. The molecule has 0 saturated heterocycles. The smallest absolute Gasteiger partial charge is 0.333 e. The third-order valence-corrected chi connectivity index (χ3v) is 4.07. The van der Waals surface area contributed by atoms with Crippen LogP contribution in [0, 0.1) is 5.82 Å². The fourth-order valence-electron chi connectivity index (χ4n) is 2.67. The summed E-state index contributed by atoms with van der Waals surface area (Å²) in [5, 5.41) is 28.4. The van der Waals surface area contributed by atoms with Gasteiger partial charge in [0.05, 0.1) is 0 Å². The van der Waals surface area contributed by atoms with Crippen LogP contribution in [0.2, 0.25) is 11.8 Å². The lowest BCUT2D eigenvalue weighted by atomic mass is 9.71. The molecule has 0 aliphatic carbocycles. The summed E-state index contributed by atoms with van der Waals surface area (Å²) in [4.78, 5) is 12.5. The van der Waals surface area contributed by atoms with Gasteiger partial charge < -0.3 is 20.1 Å². The first-order valence-electron chi connectivity index (χ1n) is 8.12. The highest BCUT2D eigenvalue weighted by Gasteiger charge is 2.20. The number of carboxylic acid groups (broad SMARTS) is 1.